The van der Waals surface area contributed by atoms with Gasteiger partial charge in [-0.05, 0) is 77.9 Å². The Morgan fingerprint density at radius 1 is 1.00 bits per heavy atom. The highest BCUT2D eigenvalue weighted by Crippen LogP contribution is 2.32. The highest BCUT2D eigenvalue weighted by Gasteiger charge is 2.34. The van der Waals surface area contributed by atoms with Crippen LogP contribution in [0.15, 0.2) is 30.3 Å². The van der Waals surface area contributed by atoms with Crippen LogP contribution in [0.3, 0.4) is 0 Å². The minimum absolute atomic E-state index is 0.329. The third-order valence-electron chi connectivity index (χ3n) is 4.78. The van der Waals surface area contributed by atoms with Crippen LogP contribution in [0.1, 0.15) is 32.8 Å². The number of aryl methyl sites for hydroxylation is 1. The van der Waals surface area contributed by atoms with Crippen LogP contribution in [-0.4, -0.2) is 66.2 Å². The van der Waals surface area contributed by atoms with Crippen LogP contribution < -0.4 is 0 Å². The minimum Gasteiger partial charge on any atom is -0.418 e. The zero-order chi connectivity index (χ0) is 18.9. The lowest BCUT2D eigenvalue weighted by molar-refractivity contribution is 0.145. The molecular weight excluding hydrogens is 324 g/mol. The maximum atomic E-state index is 6.49. The first kappa shape index (κ1) is 22.4. The van der Waals surface area contributed by atoms with E-state index in [9.17, 15) is 0 Å². The fourth-order valence-corrected chi connectivity index (χ4v) is 7.32. The van der Waals surface area contributed by atoms with Crippen molar-refractivity contribution in [3.63, 3.8) is 0 Å². The van der Waals surface area contributed by atoms with Gasteiger partial charge in [0.25, 0.3) is 0 Å². The summed E-state index contributed by atoms with van der Waals surface area (Å²) in [5.74, 6) is 0. The number of benzene rings is 1. The molecule has 0 aromatic heterocycles. The van der Waals surface area contributed by atoms with Crippen molar-refractivity contribution >= 4 is 9.04 Å². The first-order chi connectivity index (χ1) is 11.8. The summed E-state index contributed by atoms with van der Waals surface area (Å²) in [6, 6.07) is 13.4. The van der Waals surface area contributed by atoms with Crippen LogP contribution in [0.2, 0.25) is 12.1 Å². The van der Waals surface area contributed by atoms with Gasteiger partial charge in [0, 0.05) is 19.2 Å². The van der Waals surface area contributed by atoms with Gasteiger partial charge in [-0.1, -0.05) is 37.3 Å². The van der Waals surface area contributed by atoms with Gasteiger partial charge in [0.1, 0.15) is 0 Å². The molecule has 0 aliphatic carbocycles. The third-order valence-corrected chi connectivity index (χ3v) is 7.96. The van der Waals surface area contributed by atoms with E-state index in [1.807, 2.05) is 0 Å². The summed E-state index contributed by atoms with van der Waals surface area (Å²) in [4.78, 5) is 4.70. The van der Waals surface area contributed by atoms with Crippen LogP contribution in [0.25, 0.3) is 0 Å². The Morgan fingerprint density at radius 2 is 1.56 bits per heavy atom. The Balaban J connectivity index is 2.86. The molecule has 1 aromatic carbocycles. The molecule has 3 nitrogen and oxygen atoms in total. The van der Waals surface area contributed by atoms with Crippen LogP contribution in [0, 0.1) is 5.41 Å². The van der Waals surface area contributed by atoms with Crippen LogP contribution in [-0.2, 0) is 10.8 Å². The summed E-state index contributed by atoms with van der Waals surface area (Å²) in [6.45, 7) is 9.00. The molecule has 0 amide bonds. The number of nitrogens with zero attached hydrogens (tertiary/aromatic N) is 2. The molecule has 0 aliphatic heterocycles. The second-order valence-electron chi connectivity index (χ2n) is 8.36. The van der Waals surface area contributed by atoms with Crippen LogP contribution in [0.4, 0.5) is 0 Å². The van der Waals surface area contributed by atoms with E-state index < -0.39 is 9.04 Å². The van der Waals surface area contributed by atoms with Gasteiger partial charge in [-0.3, -0.25) is 0 Å². The molecule has 0 saturated heterocycles. The Kier molecular flexibility index (Phi) is 9.94. The Labute approximate surface area is 158 Å². The highest BCUT2D eigenvalue weighted by atomic mass is 28.3. The third kappa shape index (κ3) is 9.00. The van der Waals surface area contributed by atoms with Gasteiger partial charge in [0.15, 0.2) is 9.04 Å². The van der Waals surface area contributed by atoms with Gasteiger partial charge in [-0.2, -0.15) is 0 Å². The van der Waals surface area contributed by atoms with E-state index in [0.717, 1.165) is 19.5 Å². The molecule has 144 valence electrons. The predicted octanol–water partition coefficient (Wildman–Crippen LogP) is 3.90. The van der Waals surface area contributed by atoms with Crippen molar-refractivity contribution in [2.24, 2.45) is 5.41 Å². The summed E-state index contributed by atoms with van der Waals surface area (Å²) in [6.07, 6.45) is 2.69. The van der Waals surface area contributed by atoms with E-state index in [1.54, 1.807) is 0 Å². The molecule has 4 heteroatoms. The standard InChI is InChI=1S/C21H40N2OSi/c1-8-21(16-22(4)5,17-23(6)7)18-25(24-19(2)3)15-14-20-12-10-9-11-13-20/h9-13,19,25H,8,14-18H2,1-7H3. The molecule has 0 N–H and O–H groups in total. The summed E-state index contributed by atoms with van der Waals surface area (Å²) in [5, 5.41) is 0. The SMILES string of the molecule is CCC(CN(C)C)(CN(C)C)C[SiH](CCc1ccccc1)OC(C)C. The van der Waals surface area contributed by atoms with Gasteiger partial charge < -0.3 is 14.2 Å². The summed E-state index contributed by atoms with van der Waals surface area (Å²) < 4.78 is 6.49. The average Bonchev–Trinajstić information content (AvgIpc) is 2.51. The van der Waals surface area contributed by atoms with Crippen molar-refractivity contribution in [1.29, 1.82) is 0 Å². The molecule has 25 heavy (non-hydrogen) atoms. The van der Waals surface area contributed by atoms with Gasteiger partial charge in [0.05, 0.1) is 0 Å². The van der Waals surface area contributed by atoms with Crippen molar-refractivity contribution < 1.29 is 4.43 Å². The highest BCUT2D eigenvalue weighted by molar-refractivity contribution is 6.52. The van der Waals surface area contributed by atoms with Crippen LogP contribution in [0.5, 0.6) is 0 Å². The van der Waals surface area contributed by atoms with E-state index in [1.165, 1.54) is 24.1 Å². The molecule has 1 aromatic rings. The average molecular weight is 365 g/mol. The molecule has 0 heterocycles. The Morgan fingerprint density at radius 3 is 2.00 bits per heavy atom. The minimum atomic E-state index is -1.28. The molecule has 0 saturated carbocycles. The maximum Gasteiger partial charge on any atom is 0.178 e. The molecule has 1 rings (SSSR count). The topological polar surface area (TPSA) is 15.7 Å². The Hall–Kier alpha value is -0.683. The second kappa shape index (κ2) is 11.1. The zero-order valence-electron chi connectivity index (χ0n) is 17.6. The molecule has 0 spiro atoms. The van der Waals surface area contributed by atoms with Gasteiger partial charge >= 0.3 is 0 Å². The Bertz CT molecular complexity index is 452. The molecule has 0 bridgehead atoms. The van der Waals surface area contributed by atoms with Gasteiger partial charge in [-0.25, -0.2) is 0 Å². The summed E-state index contributed by atoms with van der Waals surface area (Å²) >= 11 is 0. The first-order valence-electron chi connectivity index (χ1n) is 9.75. The van der Waals surface area contributed by atoms with Crippen molar-refractivity contribution in [2.75, 3.05) is 41.3 Å². The predicted molar refractivity (Wildman–Crippen MR) is 113 cm³/mol. The summed E-state index contributed by atoms with van der Waals surface area (Å²) in [5.41, 5.74) is 1.77. The lowest BCUT2D eigenvalue weighted by atomic mass is 9.86. The second-order valence-corrected chi connectivity index (χ2v) is 10.9. The molecule has 0 radical (unpaired) electrons. The van der Waals surface area contributed by atoms with E-state index >= 15 is 0 Å². The molecule has 1 unspecified atom stereocenters. The summed E-state index contributed by atoms with van der Waals surface area (Å²) in [7, 11) is 7.52. The van der Waals surface area contributed by atoms with Crippen LogP contribution >= 0.6 is 0 Å². The van der Waals surface area contributed by atoms with E-state index in [0.29, 0.717) is 11.5 Å². The molecule has 1 atom stereocenters. The lowest BCUT2D eigenvalue weighted by Crippen LogP contribution is -2.45. The molecule has 0 aliphatic rings. The fourth-order valence-electron chi connectivity index (χ4n) is 3.95. The smallest absolute Gasteiger partial charge is 0.178 e. The number of rotatable bonds is 12. The van der Waals surface area contributed by atoms with Gasteiger partial charge in [0.2, 0.25) is 0 Å². The number of hydrogen-bond acceptors (Lipinski definition) is 3. The van der Waals surface area contributed by atoms with E-state index in [4.69, 9.17) is 4.43 Å². The number of hydrogen-bond donors (Lipinski definition) is 0. The monoisotopic (exact) mass is 364 g/mol. The van der Waals surface area contributed by atoms with Crippen molar-refractivity contribution in [3.05, 3.63) is 35.9 Å². The first-order valence-corrected chi connectivity index (χ1v) is 11.9. The zero-order valence-corrected chi connectivity index (χ0v) is 18.7. The van der Waals surface area contributed by atoms with Crippen molar-refractivity contribution in [3.8, 4) is 0 Å². The fraction of sp³-hybridized carbons (Fsp3) is 0.714. The molecular formula is C21H40N2OSi. The van der Waals surface area contributed by atoms with Crippen molar-refractivity contribution in [1.82, 2.24) is 9.80 Å². The largest absolute Gasteiger partial charge is 0.418 e. The van der Waals surface area contributed by atoms with E-state index in [2.05, 4.69) is 89.1 Å². The normalized spacial score (nSPS) is 13.8. The maximum absolute atomic E-state index is 6.49. The van der Waals surface area contributed by atoms with Crippen molar-refractivity contribution in [2.45, 2.75) is 51.8 Å². The van der Waals surface area contributed by atoms with Gasteiger partial charge in [-0.15, -0.1) is 0 Å². The molecule has 0 fully saturated rings. The van der Waals surface area contributed by atoms with E-state index in [-0.39, 0.29) is 0 Å². The lowest BCUT2D eigenvalue weighted by Gasteiger charge is -2.40. The quantitative estimate of drug-likeness (QED) is 0.523.